The molecule has 18 nitrogen and oxygen atoms in total. The molecule has 0 amide bonds. The predicted molar refractivity (Wildman–Crippen MR) is 237 cm³/mol. The van der Waals surface area contributed by atoms with Gasteiger partial charge in [-0.25, -0.2) is 0 Å². The van der Waals surface area contributed by atoms with Crippen molar-refractivity contribution in [1.82, 2.24) is 0 Å². The maximum Gasteiger partial charge on any atom is 0.311 e. The summed E-state index contributed by atoms with van der Waals surface area (Å²) in [5.41, 5.74) is 6.02. The third-order valence-corrected chi connectivity index (χ3v) is 12.2. The number of aliphatic hydroxyl groups is 10. The second kappa shape index (κ2) is 27.6. The van der Waals surface area contributed by atoms with E-state index >= 15 is 0 Å². The highest BCUT2D eigenvalue weighted by Crippen LogP contribution is 2.38. The Kier molecular flexibility index (Phi) is 23.8. The molecule has 11 unspecified atom stereocenters. The van der Waals surface area contributed by atoms with Crippen LogP contribution in [0.3, 0.4) is 0 Å². The van der Waals surface area contributed by atoms with Crippen LogP contribution in [0.2, 0.25) is 0 Å². The minimum atomic E-state index is -2.35. The maximum absolute atomic E-state index is 12.6. The summed E-state index contributed by atoms with van der Waals surface area (Å²) >= 11 is 0. The van der Waals surface area contributed by atoms with Crippen molar-refractivity contribution in [3.63, 3.8) is 0 Å². The number of carbonyl (C=O) groups is 2. The topological polar surface area (TPSA) is 320 Å². The van der Waals surface area contributed by atoms with Gasteiger partial charge in [0.05, 0.1) is 79.6 Å². The molecular formula is C47H75NO17. The van der Waals surface area contributed by atoms with Gasteiger partial charge in [0.1, 0.15) is 18.1 Å². The largest absolute Gasteiger partial charge is 0.481 e. The molecule has 18 heteroatoms. The van der Waals surface area contributed by atoms with Crippen LogP contribution in [0.25, 0.3) is 0 Å². The van der Waals surface area contributed by atoms with Gasteiger partial charge in [-0.3, -0.25) is 9.59 Å². The van der Waals surface area contributed by atoms with Crippen LogP contribution in [-0.4, -0.2) is 166 Å². The van der Waals surface area contributed by atoms with E-state index in [-0.39, 0.29) is 38.0 Å². The van der Waals surface area contributed by atoms with Gasteiger partial charge in [-0.2, -0.15) is 0 Å². The minimum absolute atomic E-state index is 0.138. The third kappa shape index (κ3) is 18.8. The Balaban J connectivity index is 1.84. The van der Waals surface area contributed by atoms with Crippen LogP contribution in [0.4, 0.5) is 0 Å². The van der Waals surface area contributed by atoms with E-state index in [1.54, 1.807) is 38.2 Å². The molecule has 65 heavy (non-hydrogen) atoms. The molecule has 0 aromatic carbocycles. The number of hydrogen-bond donors (Lipinski definition) is 12. The lowest BCUT2D eigenvalue weighted by Gasteiger charge is -2.45. The van der Waals surface area contributed by atoms with Gasteiger partial charge in [0, 0.05) is 31.1 Å². The van der Waals surface area contributed by atoms with Gasteiger partial charge < -0.3 is 80.9 Å². The molecule has 19 atom stereocenters. The lowest BCUT2D eigenvalue weighted by Crippen LogP contribution is -2.61. The van der Waals surface area contributed by atoms with Gasteiger partial charge >= 0.3 is 11.9 Å². The van der Waals surface area contributed by atoms with Crippen molar-refractivity contribution in [1.29, 1.82) is 0 Å². The highest BCUT2D eigenvalue weighted by Gasteiger charge is 2.51. The van der Waals surface area contributed by atoms with Crippen LogP contribution in [-0.2, 0) is 28.5 Å². The minimum Gasteiger partial charge on any atom is -0.481 e. The second-order valence-electron chi connectivity index (χ2n) is 17.8. The standard InChI is InChI=1S/C47H75NO17/c1-27-17-15-13-11-9-7-5-6-8-10-12-14-16-18-34(64-46-44(58)41(48)43(57)30(4)63-46)24-38-40(45(59)60)37(54)26-47(61,65-38)25-36(53)35(52)20-19-31(49)21-32(50)22-33(51)23-39(55)62-29(3)28(2)42(27)56/h5-6,8,10-18,27-38,40-44,46,49-54,56-58,61H,7,9,19-26,48H2,1-4H3,(H,59,60)/b6-5+,10-8+,13-11+,14-12+,17-15+,18-16?/t27-,28?,29-,30+,31?,32?,33?,34?,35?,36?,37?,38?,40?,41-,42+,43+,44-,46?,47+/m0/s1. The van der Waals surface area contributed by atoms with Crippen molar-refractivity contribution >= 4 is 11.9 Å². The molecule has 2 fully saturated rings. The molecular weight excluding hydrogens is 851 g/mol. The summed E-state index contributed by atoms with van der Waals surface area (Å²) in [5, 5.41) is 118. The fraction of sp³-hybridized carbons (Fsp3) is 0.702. The normalized spacial score (nSPS) is 44.8. The number of ether oxygens (including phenoxy) is 4. The van der Waals surface area contributed by atoms with E-state index in [1.807, 2.05) is 49.5 Å². The molecule has 0 saturated carbocycles. The summed E-state index contributed by atoms with van der Waals surface area (Å²) in [7, 11) is 0. The van der Waals surface area contributed by atoms with E-state index in [9.17, 15) is 65.8 Å². The van der Waals surface area contributed by atoms with Crippen molar-refractivity contribution in [3.05, 3.63) is 72.9 Å². The van der Waals surface area contributed by atoms with Gasteiger partial charge in [-0.1, -0.05) is 86.8 Å². The van der Waals surface area contributed by atoms with E-state index in [0.29, 0.717) is 0 Å². The van der Waals surface area contributed by atoms with Gasteiger partial charge in [-0.05, 0) is 52.4 Å². The van der Waals surface area contributed by atoms with Crippen LogP contribution in [0, 0.1) is 17.8 Å². The first kappa shape index (κ1) is 56.1. The average molecular weight is 926 g/mol. The smallest absolute Gasteiger partial charge is 0.311 e. The second-order valence-corrected chi connectivity index (χ2v) is 17.8. The first-order chi connectivity index (χ1) is 30.6. The van der Waals surface area contributed by atoms with E-state index in [4.69, 9.17) is 24.7 Å². The number of aliphatic hydroxyl groups excluding tert-OH is 9. The highest BCUT2D eigenvalue weighted by atomic mass is 16.7. The van der Waals surface area contributed by atoms with Gasteiger partial charge in [-0.15, -0.1) is 0 Å². The van der Waals surface area contributed by atoms with Crippen LogP contribution in [0.1, 0.15) is 91.9 Å². The Morgan fingerprint density at radius 1 is 0.692 bits per heavy atom. The molecule has 0 spiro atoms. The quantitative estimate of drug-likeness (QED) is 0.175. The van der Waals surface area contributed by atoms with Crippen molar-refractivity contribution in [2.75, 3.05) is 0 Å². The number of carbonyl (C=O) groups excluding carboxylic acids is 1. The number of fused-ring (bicyclic) bond motifs is 2. The van der Waals surface area contributed by atoms with Crippen LogP contribution >= 0.6 is 0 Å². The molecule has 2 saturated heterocycles. The zero-order chi connectivity index (χ0) is 48.4. The Labute approximate surface area is 381 Å². The molecule has 370 valence electrons. The monoisotopic (exact) mass is 926 g/mol. The average Bonchev–Trinajstić information content (AvgIpc) is 3.21. The first-order valence-electron chi connectivity index (χ1n) is 22.6. The number of hydrogen-bond acceptors (Lipinski definition) is 17. The predicted octanol–water partition coefficient (Wildman–Crippen LogP) is 0.936. The molecule has 3 heterocycles. The van der Waals surface area contributed by atoms with E-state index in [2.05, 4.69) is 0 Å². The van der Waals surface area contributed by atoms with E-state index < -0.39 is 141 Å². The lowest BCUT2D eigenvalue weighted by atomic mass is 9.82. The first-order valence-corrected chi connectivity index (χ1v) is 22.6. The maximum atomic E-state index is 12.6. The number of carboxylic acids is 1. The number of nitrogens with two attached hydrogens (primary N) is 1. The zero-order valence-corrected chi connectivity index (χ0v) is 37.8. The van der Waals surface area contributed by atoms with Crippen molar-refractivity contribution in [2.45, 2.75) is 189 Å². The van der Waals surface area contributed by atoms with Crippen molar-refractivity contribution < 1.29 is 84.7 Å². The number of aliphatic carboxylic acids is 1. The molecule has 3 rings (SSSR count). The number of carboxylic acid groups (broad SMARTS) is 1. The Bertz CT molecular complexity index is 1620. The molecule has 2 bridgehead atoms. The highest BCUT2D eigenvalue weighted by molar-refractivity contribution is 5.71. The number of allylic oxidation sites excluding steroid dienone is 10. The fourth-order valence-electron chi connectivity index (χ4n) is 8.11. The van der Waals surface area contributed by atoms with E-state index in [1.165, 1.54) is 13.0 Å². The van der Waals surface area contributed by atoms with Crippen LogP contribution < -0.4 is 5.73 Å². The number of rotatable bonds is 3. The van der Waals surface area contributed by atoms with Crippen LogP contribution in [0.5, 0.6) is 0 Å². The Morgan fingerprint density at radius 2 is 1.28 bits per heavy atom. The summed E-state index contributed by atoms with van der Waals surface area (Å²) in [6.45, 7) is 6.78. The molecule has 0 aromatic heterocycles. The van der Waals surface area contributed by atoms with Gasteiger partial charge in [0.2, 0.25) is 0 Å². The summed E-state index contributed by atoms with van der Waals surface area (Å²) in [4.78, 5) is 25.1. The molecule has 13 N–H and O–H groups in total. The lowest BCUT2D eigenvalue weighted by molar-refractivity contribution is -0.310. The molecule has 3 aliphatic rings. The Morgan fingerprint density at radius 3 is 1.94 bits per heavy atom. The summed E-state index contributed by atoms with van der Waals surface area (Å²) < 4.78 is 23.2. The van der Waals surface area contributed by atoms with Crippen molar-refractivity contribution in [3.8, 4) is 0 Å². The third-order valence-electron chi connectivity index (χ3n) is 12.2. The van der Waals surface area contributed by atoms with Crippen molar-refractivity contribution in [2.24, 2.45) is 23.5 Å². The van der Waals surface area contributed by atoms with Crippen LogP contribution in [0.15, 0.2) is 72.9 Å². The summed E-state index contributed by atoms with van der Waals surface area (Å²) in [6, 6.07) is -1.14. The number of esters is 1. The summed E-state index contributed by atoms with van der Waals surface area (Å²) in [6.07, 6.45) is 2.28. The Hall–Kier alpha value is -3.18. The number of cyclic esters (lactones) is 1. The molecule has 0 aromatic rings. The fourth-order valence-corrected chi connectivity index (χ4v) is 8.11. The molecule has 3 aliphatic heterocycles. The summed E-state index contributed by atoms with van der Waals surface area (Å²) in [5.74, 6) is -6.82. The molecule has 0 aliphatic carbocycles. The SMILES string of the molecule is CC1[C@H](C)OC(=O)CC(O)CC(O)CC(O)CCC(O)C(O)C[C@]2(O)CC(O)C(C(=O)O)C(CC(OC3O[C@H](C)[C@@H](O)[C@H](N)[C@@H]3O)C=C/C=C/C=C/C=C/CC/C=C/C=C/[C@H](C)[C@H]1O)O2. The molecule has 0 radical (unpaired) electrons. The van der Waals surface area contributed by atoms with Gasteiger partial charge in [0.15, 0.2) is 12.1 Å². The zero-order valence-electron chi connectivity index (χ0n) is 37.8. The van der Waals surface area contributed by atoms with Gasteiger partial charge in [0.25, 0.3) is 0 Å². The van der Waals surface area contributed by atoms with E-state index in [0.717, 1.165) is 12.8 Å².